The van der Waals surface area contributed by atoms with Crippen LogP contribution in [0.4, 0.5) is 11.4 Å². The van der Waals surface area contributed by atoms with Gasteiger partial charge in [-0.3, -0.25) is 0 Å². The fraction of sp³-hybridized carbons (Fsp3) is 0.571. The van der Waals surface area contributed by atoms with Crippen molar-refractivity contribution in [2.75, 3.05) is 43.9 Å². The first-order chi connectivity index (χ1) is 8.16. The van der Waals surface area contributed by atoms with Crippen molar-refractivity contribution in [1.82, 2.24) is 4.90 Å². The second kappa shape index (κ2) is 5.41. The molecule has 94 valence electrons. The molecule has 1 aliphatic rings. The summed E-state index contributed by atoms with van der Waals surface area (Å²) in [5, 5.41) is 0. The molecule has 0 radical (unpaired) electrons. The Kier molecular flexibility index (Phi) is 3.89. The number of rotatable bonds is 4. The third kappa shape index (κ3) is 3.13. The first kappa shape index (κ1) is 12.2. The molecule has 0 unspecified atom stereocenters. The number of hydrogen-bond donors (Lipinski definition) is 1. The third-order valence-corrected chi connectivity index (χ3v) is 3.54. The minimum Gasteiger partial charge on any atom is -0.397 e. The van der Waals surface area contributed by atoms with E-state index < -0.39 is 0 Å². The lowest BCUT2D eigenvalue weighted by Crippen LogP contribution is -2.31. The molecule has 1 aromatic rings. The largest absolute Gasteiger partial charge is 0.397 e. The van der Waals surface area contributed by atoms with Crippen LogP contribution in [0.2, 0.25) is 0 Å². The van der Waals surface area contributed by atoms with E-state index in [0.717, 1.165) is 24.5 Å². The highest BCUT2D eigenvalue weighted by atomic mass is 15.2. The number of nitrogens with two attached hydrogens (primary N) is 1. The van der Waals surface area contributed by atoms with Crippen LogP contribution in [0.3, 0.4) is 0 Å². The van der Waals surface area contributed by atoms with Gasteiger partial charge in [0.15, 0.2) is 0 Å². The van der Waals surface area contributed by atoms with Crippen LogP contribution in [0.25, 0.3) is 0 Å². The van der Waals surface area contributed by atoms with E-state index in [1.807, 2.05) is 6.07 Å². The van der Waals surface area contributed by atoms with Gasteiger partial charge in [-0.05, 0) is 50.6 Å². The summed E-state index contributed by atoms with van der Waals surface area (Å²) >= 11 is 0. The lowest BCUT2D eigenvalue weighted by Gasteiger charge is -2.24. The molecule has 0 bridgehead atoms. The van der Waals surface area contributed by atoms with Gasteiger partial charge in [0.25, 0.3) is 0 Å². The van der Waals surface area contributed by atoms with Gasteiger partial charge in [-0.15, -0.1) is 0 Å². The van der Waals surface area contributed by atoms with Crippen molar-refractivity contribution >= 4 is 11.4 Å². The Morgan fingerprint density at radius 3 is 2.65 bits per heavy atom. The van der Waals surface area contributed by atoms with Gasteiger partial charge in [-0.1, -0.05) is 6.07 Å². The number of benzene rings is 1. The summed E-state index contributed by atoms with van der Waals surface area (Å²) in [6.45, 7) is 6.79. The summed E-state index contributed by atoms with van der Waals surface area (Å²) in [6.07, 6.45) is 2.72. The van der Waals surface area contributed by atoms with E-state index in [2.05, 4.69) is 35.9 Å². The second-order valence-electron chi connectivity index (χ2n) is 5.03. The van der Waals surface area contributed by atoms with Gasteiger partial charge in [-0.25, -0.2) is 0 Å². The van der Waals surface area contributed by atoms with E-state index >= 15 is 0 Å². The molecular formula is C14H23N3. The van der Waals surface area contributed by atoms with Crippen LogP contribution in [0.1, 0.15) is 18.4 Å². The molecule has 0 aliphatic carbocycles. The quantitative estimate of drug-likeness (QED) is 0.808. The Morgan fingerprint density at radius 2 is 2.00 bits per heavy atom. The molecule has 3 nitrogen and oxygen atoms in total. The van der Waals surface area contributed by atoms with E-state index in [1.54, 1.807) is 0 Å². The summed E-state index contributed by atoms with van der Waals surface area (Å²) in [5.74, 6) is 0. The highest BCUT2D eigenvalue weighted by molar-refractivity contribution is 5.68. The van der Waals surface area contributed by atoms with Gasteiger partial charge in [0.05, 0.1) is 11.4 Å². The van der Waals surface area contributed by atoms with Crippen LogP contribution >= 0.6 is 0 Å². The number of nitrogen functional groups attached to an aromatic ring is 1. The molecule has 0 amide bonds. The van der Waals surface area contributed by atoms with Crippen LogP contribution in [0.5, 0.6) is 0 Å². The average Bonchev–Trinajstić information content (AvgIpc) is 2.78. The zero-order chi connectivity index (χ0) is 12.3. The molecule has 1 aliphatic heterocycles. The van der Waals surface area contributed by atoms with Crippen molar-refractivity contribution in [2.45, 2.75) is 19.8 Å². The number of hydrogen-bond acceptors (Lipinski definition) is 3. The molecular weight excluding hydrogens is 210 g/mol. The Morgan fingerprint density at radius 1 is 1.29 bits per heavy atom. The molecule has 0 saturated carbocycles. The van der Waals surface area contributed by atoms with Crippen molar-refractivity contribution < 1.29 is 0 Å². The van der Waals surface area contributed by atoms with Gasteiger partial charge in [0.1, 0.15) is 0 Å². The standard InChI is InChI=1S/C14H23N3/c1-12-5-6-14(13(15)11-12)16(2)9-10-17-7-3-4-8-17/h5-6,11H,3-4,7-10,15H2,1-2H3. The van der Waals surface area contributed by atoms with Crippen LogP contribution in [-0.4, -0.2) is 38.1 Å². The van der Waals surface area contributed by atoms with E-state index in [9.17, 15) is 0 Å². The molecule has 0 aromatic heterocycles. The third-order valence-electron chi connectivity index (χ3n) is 3.54. The molecule has 1 saturated heterocycles. The van der Waals surface area contributed by atoms with Crippen LogP contribution in [-0.2, 0) is 0 Å². The van der Waals surface area contributed by atoms with Crippen LogP contribution in [0.15, 0.2) is 18.2 Å². The molecule has 2 N–H and O–H groups in total. The van der Waals surface area contributed by atoms with E-state index in [-0.39, 0.29) is 0 Å². The number of likely N-dealkylation sites (N-methyl/N-ethyl adjacent to an activating group) is 1. The van der Waals surface area contributed by atoms with E-state index in [4.69, 9.17) is 5.73 Å². The van der Waals surface area contributed by atoms with Crippen molar-refractivity contribution in [3.63, 3.8) is 0 Å². The Balaban J connectivity index is 1.91. The van der Waals surface area contributed by atoms with Crippen molar-refractivity contribution in [2.24, 2.45) is 0 Å². The zero-order valence-corrected chi connectivity index (χ0v) is 10.9. The van der Waals surface area contributed by atoms with Gasteiger partial charge in [0.2, 0.25) is 0 Å². The highest BCUT2D eigenvalue weighted by Crippen LogP contribution is 2.23. The summed E-state index contributed by atoms with van der Waals surface area (Å²) in [5.41, 5.74) is 9.30. The molecule has 1 aromatic carbocycles. The summed E-state index contributed by atoms with van der Waals surface area (Å²) in [6, 6.07) is 6.29. The van der Waals surface area contributed by atoms with E-state index in [0.29, 0.717) is 0 Å². The van der Waals surface area contributed by atoms with Crippen LogP contribution in [0, 0.1) is 6.92 Å². The number of likely N-dealkylation sites (tertiary alicyclic amines) is 1. The summed E-state index contributed by atoms with van der Waals surface area (Å²) < 4.78 is 0. The molecule has 3 heteroatoms. The van der Waals surface area contributed by atoms with E-state index in [1.165, 1.54) is 31.5 Å². The molecule has 0 spiro atoms. The Hall–Kier alpha value is -1.22. The number of nitrogens with zero attached hydrogens (tertiary/aromatic N) is 2. The maximum Gasteiger partial charge on any atom is 0.0597 e. The zero-order valence-electron chi connectivity index (χ0n) is 10.9. The predicted molar refractivity (Wildman–Crippen MR) is 74.5 cm³/mol. The lowest BCUT2D eigenvalue weighted by molar-refractivity contribution is 0.347. The highest BCUT2D eigenvalue weighted by Gasteiger charge is 2.12. The lowest BCUT2D eigenvalue weighted by atomic mass is 10.2. The normalized spacial score (nSPS) is 16.4. The van der Waals surface area contributed by atoms with Crippen LogP contribution < -0.4 is 10.6 Å². The van der Waals surface area contributed by atoms with Gasteiger partial charge >= 0.3 is 0 Å². The fourth-order valence-corrected chi connectivity index (χ4v) is 2.44. The fourth-order valence-electron chi connectivity index (χ4n) is 2.44. The molecule has 1 heterocycles. The minimum absolute atomic E-state index is 0.883. The second-order valence-corrected chi connectivity index (χ2v) is 5.03. The minimum atomic E-state index is 0.883. The SMILES string of the molecule is Cc1ccc(N(C)CCN2CCCC2)c(N)c1. The van der Waals surface area contributed by atoms with Crippen molar-refractivity contribution in [1.29, 1.82) is 0 Å². The molecule has 1 fully saturated rings. The van der Waals surface area contributed by atoms with Gasteiger partial charge in [0, 0.05) is 20.1 Å². The number of anilines is 2. The van der Waals surface area contributed by atoms with Gasteiger partial charge < -0.3 is 15.5 Å². The summed E-state index contributed by atoms with van der Waals surface area (Å²) in [7, 11) is 2.12. The molecule has 17 heavy (non-hydrogen) atoms. The van der Waals surface area contributed by atoms with Crippen molar-refractivity contribution in [3.05, 3.63) is 23.8 Å². The number of aryl methyl sites for hydroxylation is 1. The van der Waals surface area contributed by atoms with Crippen molar-refractivity contribution in [3.8, 4) is 0 Å². The maximum absolute atomic E-state index is 6.05. The first-order valence-electron chi connectivity index (χ1n) is 6.46. The topological polar surface area (TPSA) is 32.5 Å². The van der Waals surface area contributed by atoms with Gasteiger partial charge in [-0.2, -0.15) is 0 Å². The summed E-state index contributed by atoms with van der Waals surface area (Å²) in [4.78, 5) is 4.79. The average molecular weight is 233 g/mol. The molecule has 2 rings (SSSR count). The predicted octanol–water partition coefficient (Wildman–Crippen LogP) is 2.11. The first-order valence-corrected chi connectivity index (χ1v) is 6.46. The Bertz CT molecular complexity index is 370. The Labute approximate surface area is 104 Å². The maximum atomic E-state index is 6.05. The molecule has 0 atom stereocenters. The smallest absolute Gasteiger partial charge is 0.0597 e. The monoisotopic (exact) mass is 233 g/mol.